The molecule has 1 aromatic carbocycles. The zero-order valence-corrected chi connectivity index (χ0v) is 11.9. The van der Waals surface area contributed by atoms with Gasteiger partial charge in [-0.15, -0.1) is 0 Å². The van der Waals surface area contributed by atoms with E-state index in [4.69, 9.17) is 11.6 Å². The molecule has 1 aromatic rings. The van der Waals surface area contributed by atoms with Crippen LogP contribution in [0.15, 0.2) is 24.3 Å². The molecule has 0 bridgehead atoms. The van der Waals surface area contributed by atoms with Crippen molar-refractivity contribution in [2.24, 2.45) is 0 Å². The van der Waals surface area contributed by atoms with E-state index < -0.39 is 0 Å². The number of benzene rings is 1. The minimum Gasteiger partial charge on any atom is -0.355 e. The van der Waals surface area contributed by atoms with Crippen molar-refractivity contribution in [3.63, 3.8) is 0 Å². The van der Waals surface area contributed by atoms with Gasteiger partial charge in [0.1, 0.15) is 0 Å². The number of halogens is 1. The van der Waals surface area contributed by atoms with Gasteiger partial charge in [0.05, 0.1) is 5.41 Å². The van der Waals surface area contributed by atoms with Crippen molar-refractivity contribution in [2.45, 2.75) is 31.1 Å². The van der Waals surface area contributed by atoms with Crippen LogP contribution in [0.25, 0.3) is 0 Å². The van der Waals surface area contributed by atoms with E-state index in [0.29, 0.717) is 17.3 Å². The van der Waals surface area contributed by atoms with Gasteiger partial charge in [-0.2, -0.15) is 12.6 Å². The first-order valence-electron chi connectivity index (χ1n) is 6.34. The number of thiol groups is 1. The number of carbonyl (C=O) groups is 1. The summed E-state index contributed by atoms with van der Waals surface area (Å²) in [5.74, 6) is 0.805. The van der Waals surface area contributed by atoms with Gasteiger partial charge in [-0.3, -0.25) is 4.79 Å². The predicted molar refractivity (Wildman–Crippen MR) is 78.5 cm³/mol. The van der Waals surface area contributed by atoms with Gasteiger partial charge >= 0.3 is 0 Å². The summed E-state index contributed by atoms with van der Waals surface area (Å²) in [6.45, 7) is 0.622. The first-order chi connectivity index (χ1) is 8.69. The van der Waals surface area contributed by atoms with Gasteiger partial charge in [0.2, 0.25) is 5.91 Å². The molecule has 0 aliphatic heterocycles. The summed E-state index contributed by atoms with van der Waals surface area (Å²) >= 11 is 10.1. The highest BCUT2D eigenvalue weighted by Crippen LogP contribution is 2.41. The second-order valence-corrected chi connectivity index (χ2v) is 5.66. The molecule has 0 atom stereocenters. The van der Waals surface area contributed by atoms with Crippen molar-refractivity contribution >= 4 is 30.1 Å². The summed E-state index contributed by atoms with van der Waals surface area (Å²) in [5, 5.41) is 3.69. The molecule has 2 rings (SSSR count). The first kappa shape index (κ1) is 13.8. The molecule has 0 unspecified atom stereocenters. The standard InChI is InChI=1S/C14H18ClNOS/c15-12-5-3-11(4-6-12)14(7-1-2-8-14)13(17)16-9-10-18/h3-6,18H,1-2,7-10H2,(H,16,17). The van der Waals surface area contributed by atoms with Crippen molar-refractivity contribution in [2.75, 3.05) is 12.3 Å². The maximum atomic E-state index is 12.4. The third kappa shape index (κ3) is 2.67. The molecule has 0 saturated heterocycles. The second kappa shape index (κ2) is 5.98. The Morgan fingerprint density at radius 1 is 1.28 bits per heavy atom. The monoisotopic (exact) mass is 283 g/mol. The van der Waals surface area contributed by atoms with Gasteiger partial charge in [0, 0.05) is 17.3 Å². The Morgan fingerprint density at radius 2 is 1.89 bits per heavy atom. The van der Waals surface area contributed by atoms with Crippen molar-refractivity contribution in [1.82, 2.24) is 5.32 Å². The van der Waals surface area contributed by atoms with E-state index in [1.54, 1.807) is 0 Å². The fourth-order valence-corrected chi connectivity index (χ4v) is 2.97. The summed E-state index contributed by atoms with van der Waals surface area (Å²) in [6, 6.07) is 7.69. The molecule has 1 N–H and O–H groups in total. The van der Waals surface area contributed by atoms with E-state index >= 15 is 0 Å². The average Bonchev–Trinajstić information content (AvgIpc) is 2.87. The normalized spacial score (nSPS) is 17.7. The maximum absolute atomic E-state index is 12.4. The number of carbonyl (C=O) groups excluding carboxylic acids is 1. The molecule has 0 aromatic heterocycles. The summed E-state index contributed by atoms with van der Waals surface area (Å²) in [7, 11) is 0. The molecule has 1 saturated carbocycles. The lowest BCUT2D eigenvalue weighted by molar-refractivity contribution is -0.126. The number of amides is 1. The Morgan fingerprint density at radius 3 is 2.44 bits per heavy atom. The first-order valence-corrected chi connectivity index (χ1v) is 7.35. The molecule has 0 heterocycles. The smallest absolute Gasteiger partial charge is 0.230 e. The Labute approximate surface area is 119 Å². The number of hydrogen-bond donors (Lipinski definition) is 2. The summed E-state index contributed by atoms with van der Waals surface area (Å²) in [5.41, 5.74) is 0.731. The highest BCUT2D eigenvalue weighted by molar-refractivity contribution is 7.80. The second-order valence-electron chi connectivity index (χ2n) is 4.78. The molecule has 2 nitrogen and oxygen atoms in total. The van der Waals surface area contributed by atoms with Crippen LogP contribution in [-0.4, -0.2) is 18.2 Å². The number of hydrogen-bond acceptors (Lipinski definition) is 2. The molecule has 0 spiro atoms. The zero-order valence-electron chi connectivity index (χ0n) is 10.3. The maximum Gasteiger partial charge on any atom is 0.230 e. The Bertz CT molecular complexity index is 412. The lowest BCUT2D eigenvalue weighted by atomic mass is 9.78. The topological polar surface area (TPSA) is 29.1 Å². The van der Waals surface area contributed by atoms with Crippen molar-refractivity contribution in [3.05, 3.63) is 34.9 Å². The van der Waals surface area contributed by atoms with Crippen LogP contribution < -0.4 is 5.32 Å². The van der Waals surface area contributed by atoms with Crippen LogP contribution in [0.2, 0.25) is 5.02 Å². The van der Waals surface area contributed by atoms with E-state index in [2.05, 4.69) is 17.9 Å². The minimum atomic E-state index is -0.354. The van der Waals surface area contributed by atoms with Gasteiger partial charge < -0.3 is 5.32 Å². The average molecular weight is 284 g/mol. The third-order valence-electron chi connectivity index (χ3n) is 3.69. The van der Waals surface area contributed by atoms with Crippen LogP contribution in [0, 0.1) is 0 Å². The van der Waals surface area contributed by atoms with Crippen LogP contribution in [-0.2, 0) is 10.2 Å². The Hall–Kier alpha value is -0.670. The van der Waals surface area contributed by atoms with Crippen LogP contribution in [0.5, 0.6) is 0 Å². The van der Waals surface area contributed by atoms with Gasteiger partial charge in [0.25, 0.3) is 0 Å². The molecule has 1 fully saturated rings. The van der Waals surface area contributed by atoms with Crippen molar-refractivity contribution in [1.29, 1.82) is 0 Å². The van der Waals surface area contributed by atoms with Gasteiger partial charge in [0.15, 0.2) is 0 Å². The fourth-order valence-electron chi connectivity index (χ4n) is 2.73. The molecule has 4 heteroatoms. The molecule has 1 aliphatic rings. The van der Waals surface area contributed by atoms with E-state index in [1.807, 2.05) is 24.3 Å². The highest BCUT2D eigenvalue weighted by atomic mass is 35.5. The van der Waals surface area contributed by atoms with Gasteiger partial charge in [-0.25, -0.2) is 0 Å². The van der Waals surface area contributed by atoms with Crippen LogP contribution in [0.3, 0.4) is 0 Å². The molecule has 1 amide bonds. The minimum absolute atomic E-state index is 0.136. The summed E-state index contributed by atoms with van der Waals surface area (Å²) < 4.78 is 0. The molecule has 1 aliphatic carbocycles. The molecular weight excluding hydrogens is 266 g/mol. The number of rotatable bonds is 4. The fraction of sp³-hybridized carbons (Fsp3) is 0.500. The van der Waals surface area contributed by atoms with E-state index in [1.165, 1.54) is 0 Å². The molecule has 18 heavy (non-hydrogen) atoms. The van der Waals surface area contributed by atoms with Crippen LogP contribution >= 0.6 is 24.2 Å². The molecular formula is C14H18ClNOS. The Kier molecular flexibility index (Phi) is 4.57. The zero-order chi connectivity index (χ0) is 13.0. The van der Waals surface area contributed by atoms with Gasteiger partial charge in [-0.05, 0) is 30.5 Å². The number of nitrogens with one attached hydrogen (secondary N) is 1. The summed E-state index contributed by atoms with van der Waals surface area (Å²) in [6.07, 6.45) is 4.06. The van der Waals surface area contributed by atoms with Crippen LogP contribution in [0.1, 0.15) is 31.2 Å². The predicted octanol–water partition coefficient (Wildman–Crippen LogP) is 3.20. The quantitative estimate of drug-likeness (QED) is 0.817. The molecule has 98 valence electrons. The Balaban J connectivity index is 2.26. The van der Waals surface area contributed by atoms with Crippen molar-refractivity contribution in [3.8, 4) is 0 Å². The lowest BCUT2D eigenvalue weighted by Crippen LogP contribution is -2.43. The van der Waals surface area contributed by atoms with E-state index in [9.17, 15) is 4.79 Å². The lowest BCUT2D eigenvalue weighted by Gasteiger charge is -2.28. The largest absolute Gasteiger partial charge is 0.355 e. The highest BCUT2D eigenvalue weighted by Gasteiger charge is 2.42. The van der Waals surface area contributed by atoms with Crippen LogP contribution in [0.4, 0.5) is 0 Å². The van der Waals surface area contributed by atoms with Crippen molar-refractivity contribution < 1.29 is 4.79 Å². The van der Waals surface area contributed by atoms with E-state index in [0.717, 1.165) is 31.2 Å². The third-order valence-corrected chi connectivity index (χ3v) is 4.16. The summed E-state index contributed by atoms with van der Waals surface area (Å²) in [4.78, 5) is 12.4. The van der Waals surface area contributed by atoms with Gasteiger partial charge in [-0.1, -0.05) is 36.6 Å². The SMILES string of the molecule is O=C(NCCS)C1(c2ccc(Cl)cc2)CCCC1. The van der Waals surface area contributed by atoms with E-state index in [-0.39, 0.29) is 11.3 Å². The molecule has 0 radical (unpaired) electrons.